The van der Waals surface area contributed by atoms with Crippen LogP contribution in [0.2, 0.25) is 0 Å². The Morgan fingerprint density at radius 3 is 2.62 bits per heavy atom. The zero-order chi connectivity index (χ0) is 18.3. The van der Waals surface area contributed by atoms with E-state index in [1.807, 2.05) is 34.6 Å². The van der Waals surface area contributed by atoms with Crippen LogP contribution < -0.4 is 5.56 Å². The molecule has 2 aliphatic rings. The molecule has 4 nitrogen and oxygen atoms in total. The van der Waals surface area contributed by atoms with Gasteiger partial charge in [0.25, 0.3) is 11.5 Å². The third kappa shape index (κ3) is 2.87. The first kappa shape index (κ1) is 16.8. The number of likely N-dealkylation sites (tertiary alicyclic amines) is 1. The van der Waals surface area contributed by atoms with Gasteiger partial charge in [-0.3, -0.25) is 9.59 Å². The standard InChI is InChI=1S/C21H21FN2O2/c1-2-3-15-6-9-19(25)24-12-14-10-17(20(15)24)13-23(11-14)21(26)16-4-7-18(22)8-5-16/h2-9,14,17H,10-13H2,1H3. The maximum Gasteiger partial charge on any atom is 0.253 e. The summed E-state index contributed by atoms with van der Waals surface area (Å²) in [5, 5.41) is 0. The number of fused-ring (bicyclic) bond motifs is 4. The maximum absolute atomic E-state index is 13.1. The molecule has 2 atom stereocenters. The van der Waals surface area contributed by atoms with Gasteiger partial charge < -0.3 is 9.47 Å². The van der Waals surface area contributed by atoms with E-state index in [-0.39, 0.29) is 29.1 Å². The van der Waals surface area contributed by atoms with Gasteiger partial charge in [0.2, 0.25) is 0 Å². The molecule has 1 aromatic carbocycles. The van der Waals surface area contributed by atoms with Crippen molar-refractivity contribution in [2.24, 2.45) is 5.92 Å². The van der Waals surface area contributed by atoms with Gasteiger partial charge in [-0.1, -0.05) is 12.2 Å². The molecular weight excluding hydrogens is 331 g/mol. The molecule has 5 heteroatoms. The quantitative estimate of drug-likeness (QED) is 0.832. The van der Waals surface area contributed by atoms with Crippen LogP contribution in [0.5, 0.6) is 0 Å². The molecule has 26 heavy (non-hydrogen) atoms. The summed E-state index contributed by atoms with van der Waals surface area (Å²) in [6.07, 6.45) is 4.98. The lowest BCUT2D eigenvalue weighted by molar-refractivity contribution is 0.0594. The topological polar surface area (TPSA) is 42.3 Å². The van der Waals surface area contributed by atoms with Gasteiger partial charge in [-0.2, -0.15) is 0 Å². The molecule has 1 saturated heterocycles. The number of rotatable bonds is 2. The van der Waals surface area contributed by atoms with Crippen LogP contribution in [-0.4, -0.2) is 28.5 Å². The van der Waals surface area contributed by atoms with E-state index in [1.54, 1.807) is 6.07 Å². The van der Waals surface area contributed by atoms with Crippen molar-refractivity contribution in [3.05, 3.63) is 75.5 Å². The smallest absolute Gasteiger partial charge is 0.253 e. The Kier molecular flexibility index (Phi) is 4.23. The van der Waals surface area contributed by atoms with E-state index in [0.717, 1.165) is 17.7 Å². The number of amides is 1. The number of nitrogens with zero attached hydrogens (tertiary/aromatic N) is 2. The molecule has 1 aromatic heterocycles. The highest BCUT2D eigenvalue weighted by Crippen LogP contribution is 2.37. The van der Waals surface area contributed by atoms with E-state index in [4.69, 9.17) is 0 Å². The van der Waals surface area contributed by atoms with E-state index in [9.17, 15) is 14.0 Å². The number of hydrogen-bond acceptors (Lipinski definition) is 2. The number of carbonyl (C=O) groups excluding carboxylic acids is 1. The Labute approximate surface area is 151 Å². The molecule has 2 aromatic rings. The highest BCUT2D eigenvalue weighted by molar-refractivity contribution is 5.94. The van der Waals surface area contributed by atoms with E-state index >= 15 is 0 Å². The molecule has 4 rings (SSSR count). The van der Waals surface area contributed by atoms with E-state index < -0.39 is 0 Å². The number of allylic oxidation sites excluding steroid dienone is 1. The lowest BCUT2D eigenvalue weighted by Gasteiger charge is -2.43. The highest BCUT2D eigenvalue weighted by Gasteiger charge is 2.37. The number of aromatic nitrogens is 1. The van der Waals surface area contributed by atoms with Crippen LogP contribution in [0.15, 0.2) is 47.3 Å². The molecule has 3 heterocycles. The van der Waals surface area contributed by atoms with Gasteiger partial charge in [0.05, 0.1) is 0 Å². The largest absolute Gasteiger partial charge is 0.338 e. The molecule has 0 radical (unpaired) electrons. The van der Waals surface area contributed by atoms with Crippen LogP contribution in [0.3, 0.4) is 0 Å². The number of pyridine rings is 1. The lowest BCUT2D eigenvalue weighted by Crippen LogP contribution is -2.49. The van der Waals surface area contributed by atoms with Crippen molar-refractivity contribution in [2.75, 3.05) is 13.1 Å². The van der Waals surface area contributed by atoms with Crippen molar-refractivity contribution < 1.29 is 9.18 Å². The SMILES string of the molecule is CC=Cc1ccc(=O)n2c1C1CC(CN(C(=O)c3ccc(F)cc3)C1)C2. The van der Waals surface area contributed by atoms with Crippen LogP contribution in [-0.2, 0) is 6.54 Å². The fraction of sp³-hybridized carbons (Fsp3) is 0.333. The normalized spacial score (nSPS) is 21.7. The molecule has 0 N–H and O–H groups in total. The average Bonchev–Trinajstić information content (AvgIpc) is 2.64. The predicted octanol–water partition coefficient (Wildman–Crippen LogP) is 3.28. The number of halogens is 1. The third-order valence-corrected chi connectivity index (χ3v) is 5.35. The van der Waals surface area contributed by atoms with Crippen LogP contribution in [0.25, 0.3) is 6.08 Å². The van der Waals surface area contributed by atoms with Crippen LogP contribution >= 0.6 is 0 Å². The minimum absolute atomic E-state index is 0.0289. The van der Waals surface area contributed by atoms with Crippen LogP contribution in [0.4, 0.5) is 4.39 Å². The summed E-state index contributed by atoms with van der Waals surface area (Å²) in [4.78, 5) is 27.0. The first-order valence-corrected chi connectivity index (χ1v) is 8.98. The van der Waals surface area contributed by atoms with Crippen molar-refractivity contribution in [1.82, 2.24) is 9.47 Å². The fourth-order valence-corrected chi connectivity index (χ4v) is 4.31. The Hall–Kier alpha value is -2.69. The number of piperidine rings is 1. The second kappa shape index (κ2) is 6.56. The van der Waals surface area contributed by atoms with Crippen molar-refractivity contribution in [3.8, 4) is 0 Å². The molecule has 1 amide bonds. The molecule has 1 fully saturated rings. The zero-order valence-electron chi connectivity index (χ0n) is 14.7. The van der Waals surface area contributed by atoms with Gasteiger partial charge in [-0.25, -0.2) is 4.39 Å². The van der Waals surface area contributed by atoms with Gasteiger partial charge in [-0.15, -0.1) is 0 Å². The summed E-state index contributed by atoms with van der Waals surface area (Å²) in [7, 11) is 0. The highest BCUT2D eigenvalue weighted by atomic mass is 19.1. The molecule has 134 valence electrons. The van der Waals surface area contributed by atoms with Crippen molar-refractivity contribution >= 4 is 12.0 Å². The molecule has 2 aliphatic heterocycles. The number of hydrogen-bond donors (Lipinski definition) is 0. The predicted molar refractivity (Wildman–Crippen MR) is 98.6 cm³/mol. The minimum Gasteiger partial charge on any atom is -0.338 e. The van der Waals surface area contributed by atoms with E-state index in [0.29, 0.717) is 25.2 Å². The first-order chi connectivity index (χ1) is 12.6. The second-order valence-corrected chi connectivity index (χ2v) is 7.14. The average molecular weight is 352 g/mol. The third-order valence-electron chi connectivity index (χ3n) is 5.35. The fourth-order valence-electron chi connectivity index (χ4n) is 4.31. The summed E-state index contributed by atoms with van der Waals surface area (Å²) in [6.45, 7) is 3.81. The molecule has 0 saturated carbocycles. The molecule has 2 bridgehead atoms. The zero-order valence-corrected chi connectivity index (χ0v) is 14.7. The summed E-state index contributed by atoms with van der Waals surface area (Å²) in [6, 6.07) is 9.20. The number of benzene rings is 1. The van der Waals surface area contributed by atoms with Crippen molar-refractivity contribution in [2.45, 2.75) is 25.8 Å². The van der Waals surface area contributed by atoms with Gasteiger partial charge >= 0.3 is 0 Å². The molecule has 0 aliphatic carbocycles. The van der Waals surface area contributed by atoms with Crippen molar-refractivity contribution in [1.29, 1.82) is 0 Å². The van der Waals surface area contributed by atoms with Gasteiger partial charge in [-0.05, 0) is 55.2 Å². The number of carbonyl (C=O) groups is 1. The Bertz CT molecular complexity index is 930. The van der Waals surface area contributed by atoms with Gasteiger partial charge in [0, 0.05) is 42.9 Å². The monoisotopic (exact) mass is 352 g/mol. The van der Waals surface area contributed by atoms with Crippen molar-refractivity contribution in [3.63, 3.8) is 0 Å². The summed E-state index contributed by atoms with van der Waals surface area (Å²) in [5.74, 6) is -0.00317. The van der Waals surface area contributed by atoms with Gasteiger partial charge in [0.15, 0.2) is 0 Å². The minimum atomic E-state index is -0.346. The second-order valence-electron chi connectivity index (χ2n) is 7.14. The maximum atomic E-state index is 13.1. The summed E-state index contributed by atoms with van der Waals surface area (Å²) >= 11 is 0. The van der Waals surface area contributed by atoms with Gasteiger partial charge in [0.1, 0.15) is 5.82 Å². The van der Waals surface area contributed by atoms with E-state index in [1.165, 1.54) is 24.3 Å². The molecule has 0 spiro atoms. The Morgan fingerprint density at radius 2 is 1.88 bits per heavy atom. The van der Waals surface area contributed by atoms with E-state index in [2.05, 4.69) is 0 Å². The first-order valence-electron chi connectivity index (χ1n) is 8.98. The Morgan fingerprint density at radius 1 is 1.12 bits per heavy atom. The summed E-state index contributed by atoms with van der Waals surface area (Å²) < 4.78 is 15.0. The molecule has 2 unspecified atom stereocenters. The van der Waals surface area contributed by atoms with Crippen LogP contribution in [0, 0.1) is 11.7 Å². The van der Waals surface area contributed by atoms with Crippen LogP contribution in [0.1, 0.15) is 40.9 Å². The molecular formula is C21H21FN2O2. The lowest BCUT2D eigenvalue weighted by atomic mass is 9.81. The Balaban J connectivity index is 1.68. The summed E-state index contributed by atoms with van der Waals surface area (Å²) in [5.41, 5.74) is 2.61.